The lowest BCUT2D eigenvalue weighted by molar-refractivity contribution is 1.15. The summed E-state index contributed by atoms with van der Waals surface area (Å²) in [5, 5.41) is 5.79. The summed E-state index contributed by atoms with van der Waals surface area (Å²) in [7, 11) is 0. The van der Waals surface area contributed by atoms with Gasteiger partial charge in [0.15, 0.2) is 0 Å². The Kier molecular flexibility index (Phi) is 1.59. The Morgan fingerprint density at radius 1 is 1.00 bits per heavy atom. The van der Waals surface area contributed by atoms with Gasteiger partial charge in [0.1, 0.15) is 5.69 Å². The Morgan fingerprint density at radius 2 is 1.80 bits per heavy atom. The monoisotopic (exact) mass is 195 g/mol. The molecule has 2 N–H and O–H groups in total. The second kappa shape index (κ2) is 2.92. The largest absolute Gasteiger partial charge is 0.359 e. The van der Waals surface area contributed by atoms with Crippen LogP contribution in [-0.2, 0) is 0 Å². The minimum absolute atomic E-state index is 0.723. The first-order valence-electron chi connectivity index (χ1n) is 4.77. The lowest BCUT2D eigenvalue weighted by Gasteiger charge is -1.98. The smallest absolute Gasteiger partial charge is 0.117 e. The van der Waals surface area contributed by atoms with E-state index in [1.807, 2.05) is 36.5 Å². The highest BCUT2D eigenvalue weighted by Gasteiger charge is 2.16. The summed E-state index contributed by atoms with van der Waals surface area (Å²) in [5.74, 6) is 0. The molecule has 0 aromatic heterocycles. The maximum Gasteiger partial charge on any atom is 0.117 e. The van der Waals surface area contributed by atoms with Crippen molar-refractivity contribution in [1.82, 2.24) is 4.98 Å². The molecule has 1 heterocycles. The van der Waals surface area contributed by atoms with E-state index < -0.39 is 0 Å². The lowest BCUT2D eigenvalue weighted by atomic mass is 10.1. The Balaban J connectivity index is 2.60. The van der Waals surface area contributed by atoms with Gasteiger partial charge in [0.05, 0.1) is 5.69 Å². The van der Waals surface area contributed by atoms with Gasteiger partial charge in [-0.2, -0.15) is 5.11 Å². The van der Waals surface area contributed by atoms with E-state index in [-0.39, 0.29) is 0 Å². The van der Waals surface area contributed by atoms with Crippen LogP contribution in [0.2, 0.25) is 0 Å². The second-order valence-electron chi connectivity index (χ2n) is 3.46. The average Bonchev–Trinajstić information content (AvgIpc) is 2.63. The SMILES string of the molecule is N=Nc1c2[nH]cccc-2c2ccccc12. The topological polar surface area (TPSA) is 52.0 Å². The number of hydrogen-bond donors (Lipinski definition) is 2. The molecule has 1 aliphatic heterocycles. The Bertz CT molecular complexity index is 609. The number of aromatic amines is 1. The molecule has 15 heavy (non-hydrogen) atoms. The van der Waals surface area contributed by atoms with Gasteiger partial charge in [-0.15, -0.1) is 0 Å². The molecule has 0 amide bonds. The van der Waals surface area contributed by atoms with Crippen LogP contribution in [0.1, 0.15) is 0 Å². The fraction of sp³-hybridized carbons (Fsp3) is 0. The van der Waals surface area contributed by atoms with Gasteiger partial charge in [0.25, 0.3) is 0 Å². The summed E-state index contributed by atoms with van der Waals surface area (Å²) < 4.78 is 0. The molecule has 0 radical (unpaired) electrons. The van der Waals surface area contributed by atoms with Crippen molar-refractivity contribution in [2.45, 2.75) is 0 Å². The average molecular weight is 195 g/mol. The van der Waals surface area contributed by atoms with E-state index in [1.54, 1.807) is 0 Å². The van der Waals surface area contributed by atoms with Crippen LogP contribution in [0, 0.1) is 5.53 Å². The number of fused-ring (bicyclic) bond motifs is 3. The number of aromatic nitrogens is 1. The van der Waals surface area contributed by atoms with E-state index in [1.165, 1.54) is 0 Å². The summed E-state index contributed by atoms with van der Waals surface area (Å²) in [6, 6.07) is 12.0. The number of nitrogens with zero attached hydrogens (tertiary/aromatic N) is 1. The highest BCUT2D eigenvalue weighted by Crippen LogP contribution is 2.42. The molecule has 1 aromatic rings. The molecule has 3 heteroatoms. The minimum Gasteiger partial charge on any atom is -0.359 e. The van der Waals surface area contributed by atoms with Gasteiger partial charge < -0.3 is 4.98 Å². The summed E-state index contributed by atoms with van der Waals surface area (Å²) in [4.78, 5) is 3.15. The number of nitrogens with one attached hydrogen (secondary N) is 2. The standard InChI is InChI=1S/C12H9N3/c13-15-12-10-5-2-1-4-8(10)9-6-3-7-14-11(9)12/h1-7,13-14H. The summed E-state index contributed by atoms with van der Waals surface area (Å²) in [5.41, 5.74) is 10.0. The molecule has 3 rings (SSSR count). The normalized spacial score (nSPS) is 10.9. The van der Waals surface area contributed by atoms with Gasteiger partial charge >= 0.3 is 0 Å². The van der Waals surface area contributed by atoms with Crippen LogP contribution in [0.3, 0.4) is 0 Å². The number of benzene rings is 1. The van der Waals surface area contributed by atoms with Gasteiger partial charge in [0.2, 0.25) is 0 Å². The first-order chi connectivity index (χ1) is 7.42. The number of rotatable bonds is 1. The summed E-state index contributed by atoms with van der Waals surface area (Å²) in [6.07, 6.45) is 1.86. The third-order valence-corrected chi connectivity index (χ3v) is 2.68. The van der Waals surface area contributed by atoms with Gasteiger partial charge in [-0.25, -0.2) is 5.53 Å². The van der Waals surface area contributed by atoms with E-state index >= 15 is 0 Å². The minimum atomic E-state index is 0.723. The van der Waals surface area contributed by atoms with Crippen LogP contribution in [-0.4, -0.2) is 4.98 Å². The van der Waals surface area contributed by atoms with Crippen molar-refractivity contribution < 1.29 is 0 Å². The zero-order valence-corrected chi connectivity index (χ0v) is 7.99. The molecule has 1 aliphatic carbocycles. The first-order valence-corrected chi connectivity index (χ1v) is 4.77. The molecule has 0 atom stereocenters. The zero-order chi connectivity index (χ0) is 10.3. The first kappa shape index (κ1) is 8.17. The maximum absolute atomic E-state index is 7.23. The van der Waals surface area contributed by atoms with Crippen molar-refractivity contribution in [3.63, 3.8) is 0 Å². The van der Waals surface area contributed by atoms with Gasteiger partial charge in [-0.05, 0) is 11.5 Å². The molecule has 0 fully saturated rings. The van der Waals surface area contributed by atoms with Crippen LogP contribution >= 0.6 is 0 Å². The van der Waals surface area contributed by atoms with Gasteiger partial charge in [0, 0.05) is 17.1 Å². The highest BCUT2D eigenvalue weighted by atomic mass is 15.0. The Morgan fingerprint density at radius 3 is 2.60 bits per heavy atom. The lowest BCUT2D eigenvalue weighted by Crippen LogP contribution is -1.77. The van der Waals surface area contributed by atoms with Gasteiger partial charge in [-0.1, -0.05) is 30.3 Å². The van der Waals surface area contributed by atoms with Crippen molar-refractivity contribution in [2.24, 2.45) is 5.11 Å². The van der Waals surface area contributed by atoms with Gasteiger partial charge in [-0.3, -0.25) is 0 Å². The van der Waals surface area contributed by atoms with Crippen LogP contribution in [0.4, 0.5) is 5.69 Å². The number of H-pyrrole nitrogens is 1. The molecule has 0 spiro atoms. The van der Waals surface area contributed by atoms with Crippen LogP contribution in [0.5, 0.6) is 0 Å². The van der Waals surface area contributed by atoms with E-state index in [4.69, 9.17) is 5.53 Å². The van der Waals surface area contributed by atoms with Crippen LogP contribution < -0.4 is 0 Å². The van der Waals surface area contributed by atoms with E-state index in [0.717, 1.165) is 27.7 Å². The van der Waals surface area contributed by atoms with Crippen molar-refractivity contribution in [3.05, 3.63) is 42.6 Å². The molecule has 0 unspecified atom stereocenters. The molecule has 0 saturated carbocycles. The van der Waals surface area contributed by atoms with Crippen LogP contribution in [0.15, 0.2) is 47.7 Å². The summed E-state index contributed by atoms with van der Waals surface area (Å²) in [6.45, 7) is 0. The van der Waals surface area contributed by atoms with Crippen LogP contribution in [0.25, 0.3) is 22.0 Å². The Labute approximate surface area is 86.6 Å². The highest BCUT2D eigenvalue weighted by molar-refractivity contribution is 6.10. The quantitative estimate of drug-likeness (QED) is 0.553. The van der Waals surface area contributed by atoms with Crippen molar-refractivity contribution >= 4 is 16.5 Å². The number of pyridine rings is 1. The number of hydrogen-bond acceptors (Lipinski definition) is 2. The third kappa shape index (κ3) is 1.00. The summed E-state index contributed by atoms with van der Waals surface area (Å²) >= 11 is 0. The molecule has 72 valence electrons. The predicted molar refractivity (Wildman–Crippen MR) is 59.7 cm³/mol. The molecule has 3 nitrogen and oxygen atoms in total. The fourth-order valence-electron chi connectivity index (χ4n) is 2.03. The molecular weight excluding hydrogens is 186 g/mol. The van der Waals surface area contributed by atoms with E-state index in [0.29, 0.717) is 0 Å². The molecule has 0 saturated heterocycles. The fourth-order valence-corrected chi connectivity index (χ4v) is 2.03. The predicted octanol–water partition coefficient (Wildman–Crippen LogP) is 3.94. The van der Waals surface area contributed by atoms with Crippen molar-refractivity contribution in [3.8, 4) is 11.3 Å². The Hall–Kier alpha value is -2.16. The van der Waals surface area contributed by atoms with Crippen molar-refractivity contribution in [1.29, 1.82) is 5.53 Å². The molecular formula is C12H9N3. The maximum atomic E-state index is 7.23. The zero-order valence-electron chi connectivity index (χ0n) is 7.99. The van der Waals surface area contributed by atoms with Crippen molar-refractivity contribution in [2.75, 3.05) is 0 Å². The third-order valence-electron chi connectivity index (χ3n) is 2.68. The molecule has 0 bridgehead atoms. The molecule has 2 aliphatic rings. The van der Waals surface area contributed by atoms with E-state index in [9.17, 15) is 0 Å². The van der Waals surface area contributed by atoms with E-state index in [2.05, 4.69) is 16.2 Å². The molecule has 1 aromatic carbocycles. The second-order valence-corrected chi connectivity index (χ2v) is 3.46.